The number of amides is 2. The van der Waals surface area contributed by atoms with Crippen LogP contribution in [0.4, 0.5) is 4.79 Å². The molecule has 1 saturated heterocycles. The van der Waals surface area contributed by atoms with E-state index in [0.29, 0.717) is 0 Å². The summed E-state index contributed by atoms with van der Waals surface area (Å²) in [5, 5.41) is 0. The van der Waals surface area contributed by atoms with Crippen LogP contribution in [-0.2, 0) is 16.0 Å². The van der Waals surface area contributed by atoms with Crippen LogP contribution in [0.3, 0.4) is 0 Å². The summed E-state index contributed by atoms with van der Waals surface area (Å²) < 4.78 is 5.36. The molecular formula is C16H21NO3. The maximum Gasteiger partial charge on any atom is 0.417 e. The number of imide groups is 1. The van der Waals surface area contributed by atoms with E-state index in [-0.39, 0.29) is 24.3 Å². The Morgan fingerprint density at radius 2 is 1.90 bits per heavy atom. The van der Waals surface area contributed by atoms with Crippen molar-refractivity contribution in [3.63, 3.8) is 0 Å². The van der Waals surface area contributed by atoms with Gasteiger partial charge in [-0.1, -0.05) is 44.2 Å². The van der Waals surface area contributed by atoms with Gasteiger partial charge in [-0.15, -0.1) is 0 Å². The normalized spacial score (nSPS) is 21.1. The van der Waals surface area contributed by atoms with Gasteiger partial charge in [0.15, 0.2) is 0 Å². The Kier molecular flexibility index (Phi) is 3.84. The van der Waals surface area contributed by atoms with E-state index in [1.807, 2.05) is 58.0 Å². The molecule has 0 aliphatic carbocycles. The smallest absolute Gasteiger partial charge is 0.417 e. The fraction of sp³-hybridized carbons (Fsp3) is 0.500. The maximum absolute atomic E-state index is 12.5. The second-order valence-corrected chi connectivity index (χ2v) is 6.09. The van der Waals surface area contributed by atoms with Crippen molar-refractivity contribution >= 4 is 12.0 Å². The molecule has 4 heteroatoms. The average Bonchev–Trinajstić information content (AvgIpc) is 2.59. The van der Waals surface area contributed by atoms with Crippen molar-refractivity contribution in [3.05, 3.63) is 35.9 Å². The van der Waals surface area contributed by atoms with Gasteiger partial charge in [0.25, 0.3) is 0 Å². The van der Waals surface area contributed by atoms with E-state index in [0.717, 1.165) is 5.56 Å². The van der Waals surface area contributed by atoms with E-state index in [4.69, 9.17) is 4.74 Å². The Morgan fingerprint density at radius 1 is 1.30 bits per heavy atom. The summed E-state index contributed by atoms with van der Waals surface area (Å²) in [6.07, 6.45) is -0.315. The molecule has 0 saturated carbocycles. The molecule has 1 aromatic carbocycles. The van der Waals surface area contributed by atoms with Gasteiger partial charge in [0.1, 0.15) is 5.60 Å². The highest BCUT2D eigenvalue weighted by Gasteiger charge is 2.51. The minimum Gasteiger partial charge on any atom is -0.441 e. The molecule has 1 heterocycles. The highest BCUT2D eigenvalue weighted by Crippen LogP contribution is 2.34. The molecule has 1 aromatic rings. The molecule has 4 nitrogen and oxygen atoms in total. The van der Waals surface area contributed by atoms with Gasteiger partial charge < -0.3 is 4.74 Å². The summed E-state index contributed by atoms with van der Waals surface area (Å²) in [6.45, 7) is 7.70. The average molecular weight is 275 g/mol. The van der Waals surface area contributed by atoms with Crippen molar-refractivity contribution in [1.29, 1.82) is 0 Å². The van der Waals surface area contributed by atoms with Crippen LogP contribution < -0.4 is 0 Å². The zero-order valence-electron chi connectivity index (χ0n) is 12.4. The zero-order chi connectivity index (χ0) is 14.9. The van der Waals surface area contributed by atoms with Crippen LogP contribution >= 0.6 is 0 Å². The number of hydrogen-bond acceptors (Lipinski definition) is 3. The highest BCUT2D eigenvalue weighted by molar-refractivity contribution is 5.95. The summed E-state index contributed by atoms with van der Waals surface area (Å²) in [5.41, 5.74) is 0.259. The number of ether oxygens (including phenoxy) is 1. The van der Waals surface area contributed by atoms with Gasteiger partial charge in [0, 0.05) is 0 Å². The first-order chi connectivity index (χ1) is 9.33. The van der Waals surface area contributed by atoms with E-state index in [2.05, 4.69) is 0 Å². The van der Waals surface area contributed by atoms with Crippen molar-refractivity contribution in [2.45, 2.75) is 45.8 Å². The maximum atomic E-state index is 12.5. The van der Waals surface area contributed by atoms with Gasteiger partial charge >= 0.3 is 6.09 Å². The molecular weight excluding hydrogens is 254 g/mol. The monoisotopic (exact) mass is 275 g/mol. The quantitative estimate of drug-likeness (QED) is 0.852. The molecule has 2 rings (SSSR count). The summed E-state index contributed by atoms with van der Waals surface area (Å²) in [7, 11) is 0. The van der Waals surface area contributed by atoms with E-state index in [1.54, 1.807) is 0 Å². The number of nitrogens with zero attached hydrogens (tertiary/aromatic N) is 1. The first kappa shape index (κ1) is 14.6. The van der Waals surface area contributed by atoms with Crippen LogP contribution in [0.25, 0.3) is 0 Å². The van der Waals surface area contributed by atoms with Crippen LogP contribution in [0.2, 0.25) is 0 Å². The Morgan fingerprint density at radius 3 is 2.45 bits per heavy atom. The summed E-state index contributed by atoms with van der Waals surface area (Å²) >= 11 is 0. The summed E-state index contributed by atoms with van der Waals surface area (Å²) in [5.74, 6) is -0.0540. The molecule has 1 atom stereocenters. The largest absolute Gasteiger partial charge is 0.441 e. The Bertz CT molecular complexity index is 508. The van der Waals surface area contributed by atoms with E-state index < -0.39 is 11.7 Å². The minimum atomic E-state index is -0.641. The lowest BCUT2D eigenvalue weighted by Crippen LogP contribution is -2.48. The fourth-order valence-electron chi connectivity index (χ4n) is 2.97. The van der Waals surface area contributed by atoms with Crippen LogP contribution in [0.5, 0.6) is 0 Å². The molecule has 1 fully saturated rings. The standard InChI is InChI=1S/C16H21NO3/c1-11(2)14-16(3,4)20-15(19)17(14)13(18)10-12-8-6-5-7-9-12/h5-9,11,14H,10H2,1-4H3/t14-/m0/s1. The van der Waals surface area contributed by atoms with Gasteiger partial charge in [-0.2, -0.15) is 0 Å². The number of rotatable bonds is 3. The molecule has 0 unspecified atom stereocenters. The van der Waals surface area contributed by atoms with Gasteiger partial charge in [-0.05, 0) is 25.3 Å². The molecule has 20 heavy (non-hydrogen) atoms. The molecule has 0 aromatic heterocycles. The molecule has 0 bridgehead atoms. The summed E-state index contributed by atoms with van der Waals surface area (Å²) in [6, 6.07) is 9.21. The molecule has 0 spiro atoms. The highest BCUT2D eigenvalue weighted by atomic mass is 16.6. The zero-order valence-corrected chi connectivity index (χ0v) is 12.4. The molecule has 0 N–H and O–H groups in total. The molecule has 0 radical (unpaired) electrons. The third kappa shape index (κ3) is 2.69. The van der Waals surface area contributed by atoms with Crippen molar-refractivity contribution in [3.8, 4) is 0 Å². The van der Waals surface area contributed by atoms with E-state index >= 15 is 0 Å². The first-order valence-electron chi connectivity index (χ1n) is 6.92. The second kappa shape index (κ2) is 5.27. The van der Waals surface area contributed by atoms with Crippen LogP contribution in [0.1, 0.15) is 33.3 Å². The number of hydrogen-bond donors (Lipinski definition) is 0. The summed E-state index contributed by atoms with van der Waals surface area (Å²) in [4.78, 5) is 25.8. The van der Waals surface area contributed by atoms with Gasteiger partial charge in [-0.25, -0.2) is 9.69 Å². The number of carbonyl (C=O) groups is 2. The molecule has 108 valence electrons. The molecule has 1 aliphatic rings. The Hall–Kier alpha value is -1.84. The van der Waals surface area contributed by atoms with Crippen LogP contribution in [0.15, 0.2) is 30.3 Å². The second-order valence-electron chi connectivity index (χ2n) is 6.09. The lowest BCUT2D eigenvalue weighted by molar-refractivity contribution is -0.129. The lowest BCUT2D eigenvalue weighted by atomic mass is 9.88. The predicted octanol–water partition coefficient (Wildman–Crippen LogP) is 3.01. The van der Waals surface area contributed by atoms with Crippen molar-refractivity contribution in [2.75, 3.05) is 0 Å². The SMILES string of the molecule is CC(C)[C@@H]1N(C(=O)Cc2ccccc2)C(=O)OC1(C)C. The van der Waals surface area contributed by atoms with Crippen molar-refractivity contribution < 1.29 is 14.3 Å². The van der Waals surface area contributed by atoms with Gasteiger partial charge in [0.2, 0.25) is 5.91 Å². The van der Waals surface area contributed by atoms with Gasteiger partial charge in [-0.3, -0.25) is 4.79 Å². The Balaban J connectivity index is 2.21. The fourth-order valence-corrected chi connectivity index (χ4v) is 2.97. The topological polar surface area (TPSA) is 46.6 Å². The van der Waals surface area contributed by atoms with Gasteiger partial charge in [0.05, 0.1) is 12.5 Å². The third-order valence-corrected chi connectivity index (χ3v) is 3.64. The number of carbonyl (C=O) groups excluding carboxylic acids is 2. The predicted molar refractivity (Wildman–Crippen MR) is 76.2 cm³/mol. The van der Waals surface area contributed by atoms with Crippen LogP contribution in [-0.4, -0.2) is 28.5 Å². The first-order valence-corrected chi connectivity index (χ1v) is 6.92. The molecule has 2 amide bonds. The van der Waals surface area contributed by atoms with Crippen molar-refractivity contribution in [1.82, 2.24) is 4.90 Å². The number of benzene rings is 1. The number of cyclic esters (lactones) is 1. The van der Waals surface area contributed by atoms with E-state index in [9.17, 15) is 9.59 Å². The molecule has 1 aliphatic heterocycles. The Labute approximate surface area is 119 Å². The van der Waals surface area contributed by atoms with Crippen molar-refractivity contribution in [2.24, 2.45) is 5.92 Å². The minimum absolute atomic E-state index is 0.149. The van der Waals surface area contributed by atoms with E-state index in [1.165, 1.54) is 4.90 Å². The lowest BCUT2D eigenvalue weighted by Gasteiger charge is -2.31. The van der Waals surface area contributed by atoms with Crippen LogP contribution in [0, 0.1) is 5.92 Å². The third-order valence-electron chi connectivity index (χ3n) is 3.64.